The lowest BCUT2D eigenvalue weighted by atomic mass is 9.67. The summed E-state index contributed by atoms with van der Waals surface area (Å²) in [5, 5.41) is 3.46. The van der Waals surface area contributed by atoms with Gasteiger partial charge in [-0.25, -0.2) is 0 Å². The fraction of sp³-hybridized carbons (Fsp3) is 0.591. The molecule has 2 saturated carbocycles. The van der Waals surface area contributed by atoms with Gasteiger partial charge in [0.15, 0.2) is 0 Å². The second-order valence-corrected chi connectivity index (χ2v) is 10.4. The average molecular weight is 480 g/mol. The molecule has 0 radical (unpaired) electrons. The number of carbonyl (C=O) groups is 1. The number of carbonyl (C=O) groups excluding carboxylic acids is 1. The number of hydrogen-bond acceptors (Lipinski definition) is 3. The van der Waals surface area contributed by atoms with E-state index in [2.05, 4.69) is 53.6 Å². The number of anilines is 1. The van der Waals surface area contributed by atoms with E-state index in [1.54, 1.807) is 13.2 Å². The number of benzene rings is 1. The van der Waals surface area contributed by atoms with E-state index < -0.39 is 0 Å². The van der Waals surface area contributed by atoms with Gasteiger partial charge in [-0.2, -0.15) is 0 Å². The lowest BCUT2D eigenvalue weighted by Gasteiger charge is -2.49. The molecule has 1 aromatic rings. The smallest absolute Gasteiger partial charge is 0.248 e. The topological polar surface area (TPSA) is 41.6 Å². The molecule has 2 bridgehead atoms. The van der Waals surface area contributed by atoms with Gasteiger partial charge < -0.3 is 15.0 Å². The van der Waals surface area contributed by atoms with Gasteiger partial charge in [0.1, 0.15) is 5.75 Å². The Bertz CT molecular complexity index is 799. The number of fused-ring (bicyclic) bond motifs is 2. The first-order valence-corrected chi connectivity index (χ1v) is 10.9. The second kappa shape index (κ2) is 6.68. The van der Waals surface area contributed by atoms with Crippen LogP contribution >= 0.6 is 22.6 Å². The summed E-state index contributed by atoms with van der Waals surface area (Å²) in [4.78, 5) is 15.3. The lowest BCUT2D eigenvalue weighted by molar-refractivity contribution is -0.135. The van der Waals surface area contributed by atoms with E-state index in [0.717, 1.165) is 39.6 Å². The monoisotopic (exact) mass is 480 g/mol. The third-order valence-electron chi connectivity index (χ3n) is 7.19. The molecule has 5 heteroatoms. The summed E-state index contributed by atoms with van der Waals surface area (Å²) in [7, 11) is 1.68. The van der Waals surface area contributed by atoms with Crippen LogP contribution in [0.25, 0.3) is 0 Å². The molecular weight excluding hydrogens is 451 g/mol. The van der Waals surface area contributed by atoms with E-state index in [4.69, 9.17) is 4.74 Å². The number of ether oxygens (including phenoxy) is 1. The van der Waals surface area contributed by atoms with Crippen molar-refractivity contribution in [2.45, 2.75) is 52.5 Å². The molecule has 4 rings (SSSR count). The van der Waals surface area contributed by atoms with Crippen molar-refractivity contribution in [3.05, 3.63) is 33.5 Å². The van der Waals surface area contributed by atoms with Gasteiger partial charge in [0, 0.05) is 34.4 Å². The molecule has 0 saturated heterocycles. The minimum atomic E-state index is 0.153. The van der Waals surface area contributed by atoms with E-state index in [9.17, 15) is 4.79 Å². The van der Waals surface area contributed by atoms with Crippen molar-refractivity contribution in [2.75, 3.05) is 19.0 Å². The summed E-state index contributed by atoms with van der Waals surface area (Å²) in [6.45, 7) is 7.93. The lowest BCUT2D eigenvalue weighted by Crippen LogP contribution is -2.55. The van der Waals surface area contributed by atoms with E-state index in [1.165, 1.54) is 19.3 Å². The Morgan fingerprint density at radius 1 is 1.30 bits per heavy atom. The Labute approximate surface area is 175 Å². The number of para-hydroxylation sites is 1. The predicted molar refractivity (Wildman–Crippen MR) is 117 cm³/mol. The summed E-state index contributed by atoms with van der Waals surface area (Å²) in [5.74, 6) is 1.71. The largest absolute Gasteiger partial charge is 0.495 e. The van der Waals surface area contributed by atoms with Crippen molar-refractivity contribution in [2.24, 2.45) is 16.7 Å². The molecule has 3 aliphatic rings. The molecule has 27 heavy (non-hydrogen) atoms. The van der Waals surface area contributed by atoms with E-state index in [0.29, 0.717) is 6.04 Å². The summed E-state index contributed by atoms with van der Waals surface area (Å²) in [6, 6.07) is 6.31. The van der Waals surface area contributed by atoms with Crippen LogP contribution in [-0.4, -0.2) is 30.5 Å². The zero-order valence-electron chi connectivity index (χ0n) is 16.6. The Balaban J connectivity index is 1.56. The molecule has 0 aromatic heterocycles. The number of nitrogens with zero attached hydrogens (tertiary/aromatic N) is 1. The normalized spacial score (nSPS) is 31.8. The molecule has 3 atom stereocenters. The number of amides is 1. The highest BCUT2D eigenvalue weighted by molar-refractivity contribution is 14.1. The summed E-state index contributed by atoms with van der Waals surface area (Å²) in [6.07, 6.45) is 6.49. The van der Waals surface area contributed by atoms with Crippen LogP contribution in [0.3, 0.4) is 0 Å². The van der Waals surface area contributed by atoms with E-state index in [1.807, 2.05) is 18.2 Å². The minimum Gasteiger partial charge on any atom is -0.495 e. The quantitative estimate of drug-likeness (QED) is 0.614. The summed E-state index contributed by atoms with van der Waals surface area (Å²) in [5.41, 5.74) is 2.41. The Morgan fingerprint density at radius 2 is 2.07 bits per heavy atom. The maximum absolute atomic E-state index is 13.1. The SMILES string of the molecule is COc1cccc(I)c1NC1=CC(=O)N(C2C(C)(C)[C@@H]3CC[C@@]2(C)C3)CC1. The zero-order chi connectivity index (χ0) is 19.4. The van der Waals surface area contributed by atoms with Crippen molar-refractivity contribution in [1.82, 2.24) is 4.90 Å². The molecule has 0 spiro atoms. The van der Waals surface area contributed by atoms with Gasteiger partial charge in [0.25, 0.3) is 0 Å². The Morgan fingerprint density at radius 3 is 2.70 bits per heavy atom. The molecule has 1 unspecified atom stereocenters. The highest BCUT2D eigenvalue weighted by Crippen LogP contribution is 2.64. The first-order valence-electron chi connectivity index (χ1n) is 9.87. The maximum Gasteiger partial charge on any atom is 0.248 e. The van der Waals surface area contributed by atoms with E-state index >= 15 is 0 Å². The molecule has 1 N–H and O–H groups in total. The van der Waals surface area contributed by atoms with Crippen LogP contribution in [0.2, 0.25) is 0 Å². The summed E-state index contributed by atoms with van der Waals surface area (Å²) < 4.78 is 6.57. The van der Waals surface area contributed by atoms with Crippen molar-refractivity contribution in [1.29, 1.82) is 0 Å². The Hall–Kier alpha value is -1.24. The van der Waals surface area contributed by atoms with Gasteiger partial charge in [-0.15, -0.1) is 0 Å². The second-order valence-electron chi connectivity index (χ2n) is 9.21. The van der Waals surface area contributed by atoms with Gasteiger partial charge in [-0.05, 0) is 70.7 Å². The molecule has 146 valence electrons. The third kappa shape index (κ3) is 3.06. The Kier molecular flexibility index (Phi) is 4.72. The molecular formula is C22H29IN2O2. The van der Waals surface area contributed by atoms with Crippen LogP contribution in [0.1, 0.15) is 46.5 Å². The maximum atomic E-state index is 13.1. The first-order chi connectivity index (χ1) is 12.8. The predicted octanol–water partition coefficient (Wildman–Crippen LogP) is 5.04. The van der Waals surface area contributed by atoms with Gasteiger partial charge >= 0.3 is 0 Å². The van der Waals surface area contributed by atoms with Gasteiger partial charge in [0.2, 0.25) is 5.91 Å². The van der Waals surface area contributed by atoms with Crippen LogP contribution in [-0.2, 0) is 4.79 Å². The fourth-order valence-corrected chi connectivity index (χ4v) is 6.63. The third-order valence-corrected chi connectivity index (χ3v) is 8.09. The first kappa shape index (κ1) is 19.1. The van der Waals surface area contributed by atoms with Crippen LogP contribution < -0.4 is 10.1 Å². The minimum absolute atomic E-state index is 0.153. The molecule has 2 fully saturated rings. The molecule has 2 aliphatic carbocycles. The standard InChI is InChI=1S/C22H29IN2O2/c1-21(2)14-8-10-22(3,13-14)20(21)25-11-9-15(12-18(25)26)24-19-16(23)6-5-7-17(19)27-4/h5-7,12,14,20,24H,8-11,13H2,1-4H3/t14-,20?,22+/m1/s1. The number of rotatable bonds is 4. The van der Waals surface area contributed by atoms with Gasteiger partial charge in [-0.1, -0.05) is 26.8 Å². The molecule has 1 heterocycles. The highest BCUT2D eigenvalue weighted by Gasteiger charge is 2.61. The van der Waals surface area contributed by atoms with Crippen molar-refractivity contribution >= 4 is 34.2 Å². The molecule has 1 amide bonds. The number of halogens is 1. The average Bonchev–Trinajstić information content (AvgIpc) is 3.09. The molecule has 1 aliphatic heterocycles. The van der Waals surface area contributed by atoms with Crippen LogP contribution in [0.4, 0.5) is 5.69 Å². The highest BCUT2D eigenvalue weighted by atomic mass is 127. The fourth-order valence-electron chi connectivity index (χ4n) is 6.02. The zero-order valence-corrected chi connectivity index (χ0v) is 18.8. The van der Waals surface area contributed by atoms with Crippen LogP contribution in [0.15, 0.2) is 30.0 Å². The number of hydrogen-bond donors (Lipinski definition) is 1. The van der Waals surface area contributed by atoms with Gasteiger partial charge in [-0.3, -0.25) is 4.79 Å². The van der Waals surface area contributed by atoms with E-state index in [-0.39, 0.29) is 16.7 Å². The van der Waals surface area contributed by atoms with Crippen LogP contribution in [0, 0.1) is 20.3 Å². The van der Waals surface area contributed by atoms with Crippen molar-refractivity contribution in [3.8, 4) is 5.75 Å². The molecule has 4 nitrogen and oxygen atoms in total. The number of methoxy groups -OCH3 is 1. The van der Waals surface area contributed by atoms with Crippen molar-refractivity contribution < 1.29 is 9.53 Å². The van der Waals surface area contributed by atoms with Crippen molar-refractivity contribution in [3.63, 3.8) is 0 Å². The van der Waals surface area contributed by atoms with Crippen LogP contribution in [0.5, 0.6) is 5.75 Å². The molecule has 1 aromatic carbocycles. The van der Waals surface area contributed by atoms with Gasteiger partial charge in [0.05, 0.1) is 12.8 Å². The summed E-state index contributed by atoms with van der Waals surface area (Å²) >= 11 is 2.30. The number of nitrogens with one attached hydrogen (secondary N) is 1.